The molecule has 6 nitrogen and oxygen atoms in total. The highest BCUT2D eigenvalue weighted by molar-refractivity contribution is 5.86. The van der Waals surface area contributed by atoms with Crippen molar-refractivity contribution in [3.8, 4) is 0 Å². The average Bonchev–Trinajstić information content (AvgIpc) is 2.72. The fourth-order valence-corrected chi connectivity index (χ4v) is 3.29. The number of nitrogens with zero attached hydrogens (tertiary/aromatic N) is 2. The minimum absolute atomic E-state index is 0.108. The fourth-order valence-electron chi connectivity index (χ4n) is 3.29. The number of benzene rings is 1. The molecular formula is C22H27N3O3. The van der Waals surface area contributed by atoms with Crippen LogP contribution in [0.3, 0.4) is 0 Å². The first-order chi connectivity index (χ1) is 13.6. The van der Waals surface area contributed by atoms with E-state index in [4.69, 9.17) is 4.74 Å². The summed E-state index contributed by atoms with van der Waals surface area (Å²) >= 11 is 0. The quantitative estimate of drug-likeness (QED) is 0.801. The van der Waals surface area contributed by atoms with Gasteiger partial charge in [-0.3, -0.25) is 14.6 Å². The Kier molecular flexibility index (Phi) is 6.76. The molecule has 1 aromatic heterocycles. The Morgan fingerprint density at radius 2 is 2.07 bits per heavy atom. The first-order valence-electron chi connectivity index (χ1n) is 9.73. The molecule has 148 valence electrons. The summed E-state index contributed by atoms with van der Waals surface area (Å²) in [5.74, 6) is -0.334. The van der Waals surface area contributed by atoms with Gasteiger partial charge in [0.2, 0.25) is 5.91 Å². The molecule has 28 heavy (non-hydrogen) atoms. The van der Waals surface area contributed by atoms with Gasteiger partial charge in [0.1, 0.15) is 6.61 Å². The van der Waals surface area contributed by atoms with Crippen LogP contribution >= 0.6 is 0 Å². The Morgan fingerprint density at radius 3 is 2.75 bits per heavy atom. The lowest BCUT2D eigenvalue weighted by Crippen LogP contribution is -2.53. The maximum atomic E-state index is 13.4. The summed E-state index contributed by atoms with van der Waals surface area (Å²) in [4.78, 5) is 31.2. The van der Waals surface area contributed by atoms with Crippen molar-refractivity contribution in [2.24, 2.45) is 0 Å². The Labute approximate surface area is 165 Å². The lowest BCUT2D eigenvalue weighted by Gasteiger charge is -2.35. The van der Waals surface area contributed by atoms with E-state index in [1.807, 2.05) is 42.2 Å². The smallest absolute Gasteiger partial charge is 0.254 e. The van der Waals surface area contributed by atoms with E-state index in [1.165, 1.54) is 5.56 Å². The van der Waals surface area contributed by atoms with Crippen LogP contribution in [0.4, 0.5) is 0 Å². The van der Waals surface area contributed by atoms with Gasteiger partial charge in [0.25, 0.3) is 5.91 Å². The molecule has 6 heteroatoms. The number of carbonyl (C=O) groups is 2. The summed E-state index contributed by atoms with van der Waals surface area (Å²) in [5, 5.41) is 2.89. The SMILES string of the molecule is CCCCN(Cc1ccc(C)cc1)C(=O)[C@H]1OCC(=O)N[C@@H]1c1cccnc1. The number of ether oxygens (including phenoxy) is 1. The van der Waals surface area contributed by atoms with Crippen molar-refractivity contribution in [2.45, 2.75) is 45.4 Å². The van der Waals surface area contributed by atoms with Crippen LogP contribution in [0.1, 0.15) is 42.5 Å². The van der Waals surface area contributed by atoms with Gasteiger partial charge in [-0.1, -0.05) is 49.2 Å². The first-order valence-corrected chi connectivity index (χ1v) is 9.73. The number of aryl methyl sites for hydroxylation is 1. The number of carbonyl (C=O) groups excluding carboxylic acids is 2. The van der Waals surface area contributed by atoms with Gasteiger partial charge in [0, 0.05) is 25.5 Å². The molecule has 3 rings (SSSR count). The highest BCUT2D eigenvalue weighted by Crippen LogP contribution is 2.24. The van der Waals surface area contributed by atoms with E-state index in [0.29, 0.717) is 13.1 Å². The van der Waals surface area contributed by atoms with Gasteiger partial charge >= 0.3 is 0 Å². The summed E-state index contributed by atoms with van der Waals surface area (Å²) < 4.78 is 5.71. The number of amides is 2. The number of hydrogen-bond donors (Lipinski definition) is 1. The molecule has 0 spiro atoms. The number of aromatic nitrogens is 1. The van der Waals surface area contributed by atoms with Crippen LogP contribution in [0, 0.1) is 6.92 Å². The van der Waals surface area contributed by atoms with E-state index in [0.717, 1.165) is 24.0 Å². The Morgan fingerprint density at radius 1 is 1.29 bits per heavy atom. The second-order valence-corrected chi connectivity index (χ2v) is 7.16. The van der Waals surface area contributed by atoms with Crippen molar-refractivity contribution < 1.29 is 14.3 Å². The van der Waals surface area contributed by atoms with Crippen molar-refractivity contribution >= 4 is 11.8 Å². The highest BCUT2D eigenvalue weighted by atomic mass is 16.5. The molecule has 2 atom stereocenters. The molecule has 1 aromatic carbocycles. The third kappa shape index (κ3) is 4.95. The van der Waals surface area contributed by atoms with Crippen LogP contribution in [-0.4, -0.2) is 41.0 Å². The summed E-state index contributed by atoms with van der Waals surface area (Å²) in [5.41, 5.74) is 3.03. The van der Waals surface area contributed by atoms with E-state index in [2.05, 4.69) is 17.2 Å². The summed E-state index contributed by atoms with van der Waals surface area (Å²) in [6.07, 6.45) is 4.47. The Bertz CT molecular complexity index is 792. The van der Waals surface area contributed by atoms with Gasteiger partial charge in [-0.25, -0.2) is 0 Å². The van der Waals surface area contributed by atoms with Crippen molar-refractivity contribution in [1.82, 2.24) is 15.2 Å². The number of rotatable bonds is 7. The van der Waals surface area contributed by atoms with Gasteiger partial charge in [-0.15, -0.1) is 0 Å². The van der Waals surface area contributed by atoms with Gasteiger partial charge in [-0.2, -0.15) is 0 Å². The third-order valence-corrected chi connectivity index (χ3v) is 4.89. The third-order valence-electron chi connectivity index (χ3n) is 4.89. The molecule has 0 aliphatic carbocycles. The van der Waals surface area contributed by atoms with Gasteiger partial charge in [0.05, 0.1) is 6.04 Å². The van der Waals surface area contributed by atoms with E-state index < -0.39 is 12.1 Å². The van der Waals surface area contributed by atoms with Crippen LogP contribution in [0.5, 0.6) is 0 Å². The molecule has 0 unspecified atom stereocenters. The van der Waals surface area contributed by atoms with Crippen molar-refractivity contribution in [1.29, 1.82) is 0 Å². The number of nitrogens with one attached hydrogen (secondary N) is 1. The number of pyridine rings is 1. The van der Waals surface area contributed by atoms with Crippen LogP contribution in [-0.2, 0) is 20.9 Å². The van der Waals surface area contributed by atoms with Gasteiger partial charge in [-0.05, 0) is 30.5 Å². The Balaban J connectivity index is 1.82. The maximum Gasteiger partial charge on any atom is 0.254 e. The van der Waals surface area contributed by atoms with E-state index in [9.17, 15) is 9.59 Å². The van der Waals surface area contributed by atoms with Crippen LogP contribution in [0.2, 0.25) is 0 Å². The molecule has 0 radical (unpaired) electrons. The largest absolute Gasteiger partial charge is 0.356 e. The zero-order valence-corrected chi connectivity index (χ0v) is 16.4. The van der Waals surface area contributed by atoms with Crippen molar-refractivity contribution in [3.05, 3.63) is 65.5 Å². The lowest BCUT2D eigenvalue weighted by atomic mass is 10.00. The molecular weight excluding hydrogens is 354 g/mol. The molecule has 0 saturated carbocycles. The second-order valence-electron chi connectivity index (χ2n) is 7.16. The van der Waals surface area contributed by atoms with E-state index in [-0.39, 0.29) is 18.4 Å². The first kappa shape index (κ1) is 20.0. The monoisotopic (exact) mass is 381 g/mol. The normalized spacial score (nSPS) is 19.1. The van der Waals surface area contributed by atoms with Crippen LogP contribution in [0.15, 0.2) is 48.8 Å². The zero-order valence-electron chi connectivity index (χ0n) is 16.4. The number of morpholine rings is 1. The maximum absolute atomic E-state index is 13.4. The molecule has 1 aliphatic heterocycles. The molecule has 2 heterocycles. The van der Waals surface area contributed by atoms with Crippen molar-refractivity contribution in [3.63, 3.8) is 0 Å². The summed E-state index contributed by atoms with van der Waals surface area (Å²) in [7, 11) is 0. The minimum atomic E-state index is -0.760. The molecule has 1 N–H and O–H groups in total. The van der Waals surface area contributed by atoms with Gasteiger partial charge in [0.15, 0.2) is 6.10 Å². The Hall–Kier alpha value is -2.73. The number of unbranched alkanes of at least 4 members (excludes halogenated alkanes) is 1. The predicted molar refractivity (Wildman–Crippen MR) is 106 cm³/mol. The molecule has 2 amide bonds. The topological polar surface area (TPSA) is 71.5 Å². The number of hydrogen-bond acceptors (Lipinski definition) is 4. The molecule has 2 aromatic rings. The van der Waals surface area contributed by atoms with E-state index >= 15 is 0 Å². The zero-order chi connectivity index (χ0) is 19.9. The molecule has 0 bridgehead atoms. The average molecular weight is 381 g/mol. The molecule has 1 saturated heterocycles. The molecule has 1 aliphatic rings. The summed E-state index contributed by atoms with van der Waals surface area (Å²) in [6.45, 7) is 5.20. The standard InChI is InChI=1S/C22H27N3O3/c1-3-4-12-25(14-17-9-7-16(2)8-10-17)22(27)21-20(24-19(26)15-28-21)18-6-5-11-23-13-18/h5-11,13,20-21H,3-4,12,14-15H2,1-2H3,(H,24,26)/t20-,21+/m1/s1. The lowest BCUT2D eigenvalue weighted by molar-refractivity contribution is -0.155. The van der Waals surface area contributed by atoms with E-state index in [1.54, 1.807) is 18.5 Å². The highest BCUT2D eigenvalue weighted by Gasteiger charge is 2.38. The van der Waals surface area contributed by atoms with Crippen LogP contribution in [0.25, 0.3) is 0 Å². The molecule has 1 fully saturated rings. The second kappa shape index (κ2) is 9.46. The summed E-state index contributed by atoms with van der Waals surface area (Å²) in [6, 6.07) is 11.3. The van der Waals surface area contributed by atoms with Gasteiger partial charge < -0.3 is 15.0 Å². The fraction of sp³-hybridized carbons (Fsp3) is 0.409. The van der Waals surface area contributed by atoms with Crippen LogP contribution < -0.4 is 5.32 Å². The predicted octanol–water partition coefficient (Wildman–Crippen LogP) is 2.78. The minimum Gasteiger partial charge on any atom is -0.356 e. The van der Waals surface area contributed by atoms with Crippen molar-refractivity contribution in [2.75, 3.05) is 13.2 Å².